The number of oxime groups is 1. The summed E-state index contributed by atoms with van der Waals surface area (Å²) in [6.07, 6.45) is -0.234. The molecule has 0 aromatic heterocycles. The maximum absolute atomic E-state index is 12.6. The number of benzene rings is 2. The standard InChI is InChI=1S/C20H21BrN2O4/c1-12(16-10-15(25-2)7-8-18(16)26-3)22-20(24)19-11-17(23-27-19)13-5-4-6-14(21)9-13/h4-10,12,19H,11H2,1-3H3,(H,22,24)/t12-,19-/m0/s1. The van der Waals surface area contributed by atoms with Gasteiger partial charge in [-0.3, -0.25) is 4.79 Å². The molecule has 2 aromatic carbocycles. The Bertz CT molecular complexity index is 869. The highest BCUT2D eigenvalue weighted by atomic mass is 79.9. The van der Waals surface area contributed by atoms with Crippen LogP contribution < -0.4 is 14.8 Å². The van der Waals surface area contributed by atoms with Gasteiger partial charge in [0.25, 0.3) is 5.91 Å². The van der Waals surface area contributed by atoms with Gasteiger partial charge in [0.15, 0.2) is 0 Å². The van der Waals surface area contributed by atoms with Gasteiger partial charge in [-0.1, -0.05) is 33.2 Å². The SMILES string of the molecule is COc1ccc(OC)c([C@H](C)NC(=O)[C@@H]2CC(c3cccc(Br)c3)=NO2)c1. The molecule has 142 valence electrons. The van der Waals surface area contributed by atoms with Crippen LogP contribution in [-0.2, 0) is 9.63 Å². The molecule has 2 aromatic rings. The molecule has 0 fully saturated rings. The van der Waals surface area contributed by atoms with Crippen LogP contribution in [0, 0.1) is 0 Å². The minimum Gasteiger partial charge on any atom is -0.497 e. The summed E-state index contributed by atoms with van der Waals surface area (Å²) in [7, 11) is 3.19. The normalized spacial score (nSPS) is 16.9. The molecule has 7 heteroatoms. The van der Waals surface area contributed by atoms with Crippen molar-refractivity contribution in [1.29, 1.82) is 0 Å². The monoisotopic (exact) mass is 432 g/mol. The van der Waals surface area contributed by atoms with E-state index in [0.717, 1.165) is 21.3 Å². The van der Waals surface area contributed by atoms with E-state index in [2.05, 4.69) is 26.4 Å². The average molecular weight is 433 g/mol. The summed E-state index contributed by atoms with van der Waals surface area (Å²) >= 11 is 3.44. The first-order valence-electron chi connectivity index (χ1n) is 8.52. The Balaban J connectivity index is 1.66. The molecule has 0 unspecified atom stereocenters. The number of nitrogens with one attached hydrogen (secondary N) is 1. The zero-order valence-corrected chi connectivity index (χ0v) is 16.9. The van der Waals surface area contributed by atoms with Crippen LogP contribution in [0.2, 0.25) is 0 Å². The minimum atomic E-state index is -0.655. The summed E-state index contributed by atoms with van der Waals surface area (Å²) in [6.45, 7) is 1.89. The van der Waals surface area contributed by atoms with Crippen LogP contribution in [0.15, 0.2) is 52.1 Å². The van der Waals surface area contributed by atoms with Crippen molar-refractivity contribution in [1.82, 2.24) is 5.32 Å². The van der Waals surface area contributed by atoms with Crippen molar-refractivity contribution in [3.8, 4) is 11.5 Å². The largest absolute Gasteiger partial charge is 0.497 e. The molecule has 27 heavy (non-hydrogen) atoms. The Kier molecular flexibility index (Phi) is 6.01. The summed E-state index contributed by atoms with van der Waals surface area (Å²) < 4.78 is 11.6. The van der Waals surface area contributed by atoms with E-state index in [4.69, 9.17) is 14.3 Å². The third-order valence-corrected chi connectivity index (χ3v) is 4.87. The third kappa shape index (κ3) is 4.42. The molecular formula is C20H21BrN2O4. The molecule has 0 spiro atoms. The van der Waals surface area contributed by atoms with Crippen LogP contribution in [-0.4, -0.2) is 31.9 Å². The fourth-order valence-corrected chi connectivity index (χ4v) is 3.32. The Labute approximate surface area is 166 Å². The van der Waals surface area contributed by atoms with Crippen LogP contribution in [0.4, 0.5) is 0 Å². The summed E-state index contributed by atoms with van der Waals surface area (Å²) in [5.41, 5.74) is 2.52. The zero-order valence-electron chi connectivity index (χ0n) is 15.4. The lowest BCUT2D eigenvalue weighted by atomic mass is 10.0. The van der Waals surface area contributed by atoms with Crippen molar-refractivity contribution in [3.05, 3.63) is 58.1 Å². The quantitative estimate of drug-likeness (QED) is 0.752. The molecule has 1 aliphatic rings. The second-order valence-electron chi connectivity index (χ2n) is 6.18. The third-order valence-electron chi connectivity index (χ3n) is 4.38. The van der Waals surface area contributed by atoms with E-state index in [1.165, 1.54) is 0 Å². The molecule has 3 rings (SSSR count). The van der Waals surface area contributed by atoms with Crippen molar-refractivity contribution >= 4 is 27.5 Å². The number of rotatable bonds is 6. The fourth-order valence-electron chi connectivity index (χ4n) is 2.92. The van der Waals surface area contributed by atoms with Crippen LogP contribution in [0.5, 0.6) is 11.5 Å². The molecule has 1 aliphatic heterocycles. The first-order valence-corrected chi connectivity index (χ1v) is 9.32. The van der Waals surface area contributed by atoms with Crippen LogP contribution >= 0.6 is 15.9 Å². The Morgan fingerprint density at radius 2 is 2.07 bits per heavy atom. The second-order valence-corrected chi connectivity index (χ2v) is 7.10. The van der Waals surface area contributed by atoms with Gasteiger partial charge in [-0.05, 0) is 37.3 Å². The summed E-state index contributed by atoms with van der Waals surface area (Å²) in [4.78, 5) is 18.0. The Hall–Kier alpha value is -2.54. The van der Waals surface area contributed by atoms with E-state index >= 15 is 0 Å². The smallest absolute Gasteiger partial charge is 0.264 e. The molecule has 6 nitrogen and oxygen atoms in total. The van der Waals surface area contributed by atoms with Gasteiger partial charge in [0.1, 0.15) is 11.5 Å². The number of carbonyl (C=O) groups is 1. The van der Waals surface area contributed by atoms with Gasteiger partial charge < -0.3 is 19.6 Å². The van der Waals surface area contributed by atoms with Crippen LogP contribution in [0.1, 0.15) is 30.5 Å². The predicted molar refractivity (Wildman–Crippen MR) is 106 cm³/mol. The first-order chi connectivity index (χ1) is 13.0. The number of halogens is 1. The van der Waals surface area contributed by atoms with Gasteiger partial charge in [0.2, 0.25) is 6.10 Å². The maximum atomic E-state index is 12.6. The zero-order chi connectivity index (χ0) is 19.4. The van der Waals surface area contributed by atoms with Crippen molar-refractivity contribution in [3.63, 3.8) is 0 Å². The first kappa shape index (κ1) is 19.2. The van der Waals surface area contributed by atoms with Crippen molar-refractivity contribution < 1.29 is 19.1 Å². The molecule has 0 radical (unpaired) electrons. The highest BCUT2D eigenvalue weighted by Gasteiger charge is 2.30. The molecule has 1 heterocycles. The molecule has 1 N–H and O–H groups in total. The molecule has 2 atom stereocenters. The topological polar surface area (TPSA) is 69.2 Å². The molecule has 0 saturated carbocycles. The van der Waals surface area contributed by atoms with Crippen LogP contribution in [0.3, 0.4) is 0 Å². The van der Waals surface area contributed by atoms with Crippen molar-refractivity contribution in [2.45, 2.75) is 25.5 Å². The number of carbonyl (C=O) groups excluding carboxylic acids is 1. The predicted octanol–water partition coefficient (Wildman–Crippen LogP) is 3.84. The Morgan fingerprint density at radius 1 is 1.26 bits per heavy atom. The van der Waals surface area contributed by atoms with E-state index in [0.29, 0.717) is 17.9 Å². The molecule has 1 amide bonds. The minimum absolute atomic E-state index is 0.221. The lowest BCUT2D eigenvalue weighted by Crippen LogP contribution is -2.36. The highest BCUT2D eigenvalue weighted by Crippen LogP contribution is 2.29. The number of ether oxygens (including phenoxy) is 2. The number of methoxy groups -OCH3 is 2. The lowest BCUT2D eigenvalue weighted by Gasteiger charge is -2.19. The van der Waals surface area contributed by atoms with E-state index < -0.39 is 6.10 Å². The number of amides is 1. The van der Waals surface area contributed by atoms with E-state index in [9.17, 15) is 4.79 Å². The summed E-state index contributed by atoms with van der Waals surface area (Å²) in [5.74, 6) is 1.16. The van der Waals surface area contributed by atoms with Crippen LogP contribution in [0.25, 0.3) is 0 Å². The lowest BCUT2D eigenvalue weighted by molar-refractivity contribution is -0.131. The van der Waals surface area contributed by atoms with Gasteiger partial charge in [0, 0.05) is 22.0 Å². The van der Waals surface area contributed by atoms with E-state index in [1.54, 1.807) is 14.2 Å². The number of nitrogens with zero attached hydrogens (tertiary/aromatic N) is 1. The number of hydrogen-bond acceptors (Lipinski definition) is 5. The highest BCUT2D eigenvalue weighted by molar-refractivity contribution is 9.10. The summed E-state index contributed by atoms with van der Waals surface area (Å²) in [5, 5.41) is 7.05. The van der Waals surface area contributed by atoms with Gasteiger partial charge in [-0.2, -0.15) is 0 Å². The molecule has 0 bridgehead atoms. The molecule has 0 aliphatic carbocycles. The fraction of sp³-hybridized carbons (Fsp3) is 0.300. The number of hydrogen-bond donors (Lipinski definition) is 1. The Morgan fingerprint density at radius 3 is 2.78 bits per heavy atom. The van der Waals surface area contributed by atoms with E-state index in [1.807, 2.05) is 49.4 Å². The molecule has 0 saturated heterocycles. The van der Waals surface area contributed by atoms with Gasteiger partial charge >= 0.3 is 0 Å². The maximum Gasteiger partial charge on any atom is 0.264 e. The van der Waals surface area contributed by atoms with Gasteiger partial charge in [-0.15, -0.1) is 0 Å². The van der Waals surface area contributed by atoms with Gasteiger partial charge in [0.05, 0.1) is 26.0 Å². The van der Waals surface area contributed by atoms with E-state index in [-0.39, 0.29) is 11.9 Å². The van der Waals surface area contributed by atoms with Crippen molar-refractivity contribution in [2.24, 2.45) is 5.16 Å². The summed E-state index contributed by atoms with van der Waals surface area (Å²) in [6, 6.07) is 13.0. The average Bonchev–Trinajstić information content (AvgIpc) is 3.17. The van der Waals surface area contributed by atoms with Gasteiger partial charge in [-0.25, -0.2) is 0 Å². The second kappa shape index (κ2) is 8.43. The van der Waals surface area contributed by atoms with Crippen molar-refractivity contribution in [2.75, 3.05) is 14.2 Å². The molecular weight excluding hydrogens is 412 g/mol.